The van der Waals surface area contributed by atoms with E-state index in [-0.39, 0.29) is 33.9 Å². The van der Waals surface area contributed by atoms with Crippen LogP contribution >= 0.6 is 45.3 Å². The summed E-state index contributed by atoms with van der Waals surface area (Å²) in [6.45, 7) is 23.5. The molecule has 4 aromatic carbocycles. The molecule has 0 radical (unpaired) electrons. The van der Waals surface area contributed by atoms with Crippen LogP contribution in [0, 0.1) is 27.7 Å². The molecule has 0 saturated carbocycles. The largest absolute Gasteiger partial charge is 0.489 e. The van der Waals surface area contributed by atoms with E-state index < -0.39 is 0 Å². The Hall–Kier alpha value is -11.1. The summed E-state index contributed by atoms with van der Waals surface area (Å²) in [6.07, 6.45) is 14.5. The monoisotopic (exact) mass is 1630 g/mol. The molecule has 0 aliphatic carbocycles. The van der Waals surface area contributed by atoms with Gasteiger partial charge in [-0.1, -0.05) is 24.3 Å². The van der Waals surface area contributed by atoms with Crippen molar-refractivity contribution in [3.63, 3.8) is 0 Å². The van der Waals surface area contributed by atoms with Crippen molar-refractivity contribution >= 4 is 126 Å². The van der Waals surface area contributed by atoms with E-state index in [1.54, 1.807) is 93.4 Å². The Morgan fingerprint density at radius 2 is 0.812 bits per heavy atom. The van der Waals surface area contributed by atoms with Crippen LogP contribution in [0.25, 0.3) is 108 Å². The summed E-state index contributed by atoms with van der Waals surface area (Å²) >= 11 is 6.62. The summed E-state index contributed by atoms with van der Waals surface area (Å²) in [5, 5.41) is 11.0. The van der Waals surface area contributed by atoms with E-state index >= 15 is 0 Å². The number of nitrogens with zero attached hydrogens (tertiary/aromatic N) is 17. The molecule has 0 bridgehead atoms. The number of nitrogens with one attached hydrogen (secondary N) is 2. The molecule has 5 fully saturated rings. The molecular weight excluding hydrogens is 1540 g/mol. The molecule has 5 saturated heterocycles. The van der Waals surface area contributed by atoms with E-state index in [1.165, 1.54) is 19.4 Å². The molecule has 0 amide bonds. The SMILES string of the molecule is Cc1nc2ccc(-c3cc(=O)n4cc(N5CCC(N(C)C)CC5)ccc4n3)cc2s1.Cc1nc2ccc(-c3cc(=O)n4cc(N5CCN6CCC[C@@H]6C5)ccc4n3)cc2s1.Cc1nc2ccc(-c3cc(=O)n4cc(N5CCNC(C)(C)C5)ccc4n3)cc2s1.Cc1nc2ccc(-c3cc(=O)n4cc(OC5CCNCC5)ccc4n3)cc2s1. The number of hydrogen-bond donors (Lipinski definition) is 2. The number of benzene rings is 4. The van der Waals surface area contributed by atoms with Gasteiger partial charge in [0.15, 0.2) is 0 Å². The highest BCUT2D eigenvalue weighted by molar-refractivity contribution is 7.19. The van der Waals surface area contributed by atoms with Gasteiger partial charge in [0, 0.05) is 135 Å². The average molecular weight is 1640 g/mol. The summed E-state index contributed by atoms with van der Waals surface area (Å²) in [7, 11) is 4.29. The lowest BCUT2D eigenvalue weighted by Gasteiger charge is -2.40. The Kier molecular flexibility index (Phi) is 21.4. The molecule has 5 aliphatic rings. The number of piperazine rings is 2. The number of rotatable bonds is 10. The number of piperidine rings is 2. The first-order valence-corrected chi connectivity index (χ1v) is 43.3. The fourth-order valence-corrected chi connectivity index (χ4v) is 20.2. The normalized spacial score (nSPS) is 16.8. The van der Waals surface area contributed by atoms with E-state index in [0.29, 0.717) is 63.2 Å². The van der Waals surface area contributed by atoms with Gasteiger partial charge in [0.2, 0.25) is 0 Å². The van der Waals surface area contributed by atoms with Gasteiger partial charge in [0.25, 0.3) is 22.2 Å². The molecule has 2 N–H and O–H groups in total. The van der Waals surface area contributed by atoms with Crippen LogP contribution in [-0.2, 0) is 0 Å². The maximum Gasteiger partial charge on any atom is 0.258 e. The van der Waals surface area contributed by atoms with Crippen LogP contribution in [0.2, 0.25) is 0 Å². The second kappa shape index (κ2) is 32.4. The fourth-order valence-electron chi connectivity index (χ4n) is 16.7. The minimum Gasteiger partial charge on any atom is -0.489 e. The Labute approximate surface area is 691 Å². The molecule has 1 atom stereocenters. The molecule has 16 aromatic rings. The van der Waals surface area contributed by atoms with Crippen molar-refractivity contribution in [3.8, 4) is 50.8 Å². The van der Waals surface area contributed by atoms with Crippen molar-refractivity contribution in [2.45, 2.75) is 104 Å². The minimum atomic E-state index is -0.114. The van der Waals surface area contributed by atoms with Crippen LogP contribution in [0.4, 0.5) is 17.1 Å². The van der Waals surface area contributed by atoms with Gasteiger partial charge < -0.3 is 35.0 Å². The van der Waals surface area contributed by atoms with Crippen LogP contribution in [0.1, 0.15) is 72.4 Å². The van der Waals surface area contributed by atoms with Gasteiger partial charge >= 0.3 is 0 Å². The first-order valence-electron chi connectivity index (χ1n) is 40.1. The fraction of sp³-hybridized carbons (Fsp3) is 0.326. The van der Waals surface area contributed by atoms with Gasteiger partial charge in [-0.25, -0.2) is 39.9 Å². The lowest BCUT2D eigenvalue weighted by molar-refractivity contribution is 0.162. The third-order valence-corrected chi connectivity index (χ3v) is 26.5. The summed E-state index contributed by atoms with van der Waals surface area (Å²) < 4.78 is 17.0. The van der Waals surface area contributed by atoms with E-state index in [4.69, 9.17) is 19.7 Å². The highest BCUT2D eigenvalue weighted by Crippen LogP contribution is 2.34. The standard InChI is InChI=1S/C23H23N5OS.C23H25N5OS.C22H23N5OS.C21H20N4O2S/c1-15-24-19-6-4-16(11-21(19)30-15)20-12-23(29)28-14-18(5-7-22(28)25-20)27-10-9-26-8-2-3-17(26)13-27;1-15-24-19-6-4-16(12-21(19)30-15)20-13-23(29)28-14-18(5-7-22(28)25-20)27-10-8-17(9-11-27)26(2)3;1-14-24-17-6-4-15(10-19(17)29-14)18-11-21(28)27-12-16(5-7-20(27)25-18)26-9-8-23-22(2,3)13-26;1-13-23-17-4-2-14(10-19(17)28-13)18-11-21(26)25-12-16(3-5-20(25)24-18)27-15-6-8-22-9-7-15/h4-7,11-12,14,17H,2-3,8-10,13H2,1H3;4-7,12-14,17H,8-11H2,1-3H3;4-7,10-12,23H,8-9,13H2,1-3H3;2-5,10-12,15,22H,6-9H2,1H3/t17-;;;/m1.../s1. The first-order chi connectivity index (χ1) is 56.6. The zero-order valence-electron chi connectivity index (χ0n) is 66.7. The quantitative estimate of drug-likeness (QED) is 0.129. The second-order valence-electron chi connectivity index (χ2n) is 31.8. The maximum atomic E-state index is 12.9. The first kappa shape index (κ1) is 77.2. The number of thiazole rings is 4. The molecule has 12 aromatic heterocycles. The number of fused-ring (bicyclic) bond motifs is 9. The number of aryl methyl sites for hydroxylation is 4. The average Bonchev–Trinajstić information content (AvgIpc) is 1.10. The zero-order chi connectivity index (χ0) is 80.3. The number of aromatic nitrogens is 12. The van der Waals surface area contributed by atoms with Crippen molar-refractivity contribution < 1.29 is 4.74 Å². The van der Waals surface area contributed by atoms with E-state index in [9.17, 15) is 19.2 Å². The third kappa shape index (κ3) is 16.7. The molecule has 21 rings (SSSR count). The van der Waals surface area contributed by atoms with Crippen LogP contribution in [-0.4, -0.2) is 177 Å². The number of pyridine rings is 4. The lowest BCUT2D eigenvalue weighted by atomic mass is 10.0. The van der Waals surface area contributed by atoms with Crippen molar-refractivity contribution in [2.24, 2.45) is 0 Å². The molecule has 117 heavy (non-hydrogen) atoms. The van der Waals surface area contributed by atoms with Gasteiger partial charge in [-0.15, -0.1) is 45.3 Å². The molecule has 0 unspecified atom stereocenters. The predicted octanol–water partition coefficient (Wildman–Crippen LogP) is 14.3. The maximum absolute atomic E-state index is 12.9. The second-order valence-corrected chi connectivity index (χ2v) is 36.7. The summed E-state index contributed by atoms with van der Waals surface area (Å²) in [5.41, 5.74) is 16.1. The third-order valence-electron chi connectivity index (χ3n) is 22.8. The topological polar surface area (TPSA) is 239 Å². The number of ether oxygens (including phenoxy) is 1. The molecule has 596 valence electrons. The van der Waals surface area contributed by atoms with E-state index in [2.05, 4.69) is 124 Å². The molecule has 0 spiro atoms. The Morgan fingerprint density at radius 1 is 0.410 bits per heavy atom. The smallest absolute Gasteiger partial charge is 0.258 e. The molecule has 24 nitrogen and oxygen atoms in total. The van der Waals surface area contributed by atoms with Gasteiger partial charge in [0.05, 0.1) is 107 Å². The van der Waals surface area contributed by atoms with E-state index in [0.717, 1.165) is 191 Å². The van der Waals surface area contributed by atoms with Crippen LogP contribution < -0.4 is 52.3 Å². The highest BCUT2D eigenvalue weighted by atomic mass is 32.1. The summed E-state index contributed by atoms with van der Waals surface area (Å²) in [6, 6.07) is 47.8. The Morgan fingerprint density at radius 3 is 1.23 bits per heavy atom. The minimum absolute atomic E-state index is 0.0445. The zero-order valence-corrected chi connectivity index (χ0v) is 70.0. The molecule has 5 aliphatic heterocycles. The van der Waals surface area contributed by atoms with Gasteiger partial charge in [0.1, 0.15) is 34.4 Å². The van der Waals surface area contributed by atoms with E-state index in [1.807, 2.05) is 131 Å². The summed E-state index contributed by atoms with van der Waals surface area (Å²) in [5.74, 6) is 0.706. The predicted molar refractivity (Wildman–Crippen MR) is 476 cm³/mol. The van der Waals surface area contributed by atoms with Gasteiger partial charge in [-0.3, -0.25) is 41.7 Å². The van der Waals surface area contributed by atoms with Crippen molar-refractivity contribution in [1.29, 1.82) is 0 Å². The van der Waals surface area contributed by atoms with Crippen LogP contribution in [0.5, 0.6) is 5.75 Å². The number of hydrogen-bond acceptors (Lipinski definition) is 24. The molecule has 28 heteroatoms. The Bertz CT molecular complexity index is 6720. The van der Waals surface area contributed by atoms with Crippen molar-refractivity contribution in [3.05, 3.63) is 232 Å². The van der Waals surface area contributed by atoms with Gasteiger partial charge in [-0.05, 0) is 211 Å². The van der Waals surface area contributed by atoms with Crippen molar-refractivity contribution in [1.82, 2.24) is 77.9 Å². The summed E-state index contributed by atoms with van der Waals surface area (Å²) in [4.78, 5) is 100. The number of anilines is 3. The van der Waals surface area contributed by atoms with Crippen LogP contribution in [0.15, 0.2) is 190 Å². The Balaban J connectivity index is 0.000000108. The van der Waals surface area contributed by atoms with Crippen LogP contribution in [0.3, 0.4) is 0 Å². The highest BCUT2D eigenvalue weighted by Gasteiger charge is 2.32. The van der Waals surface area contributed by atoms with Crippen molar-refractivity contribution in [2.75, 3.05) is 101 Å². The molecular formula is C89H91N19O5S4. The lowest BCUT2D eigenvalue weighted by Crippen LogP contribution is -2.57. The van der Waals surface area contributed by atoms with Gasteiger partial charge in [-0.2, -0.15) is 0 Å². The molecule has 17 heterocycles.